The molecule has 88 valence electrons. The molecule has 1 unspecified atom stereocenters. The number of hydrogen-bond donors (Lipinski definition) is 2. The molecule has 2 N–H and O–H groups in total. The van der Waals surface area contributed by atoms with Crippen LogP contribution in [0.4, 0.5) is 0 Å². The Morgan fingerprint density at radius 1 is 1.33 bits per heavy atom. The van der Waals surface area contributed by atoms with Gasteiger partial charge in [0.2, 0.25) is 0 Å². The highest BCUT2D eigenvalue weighted by molar-refractivity contribution is 4.57. The summed E-state index contributed by atoms with van der Waals surface area (Å²) in [5.74, 6) is 0. The number of unbranched alkanes of at least 4 members (excludes halogenated alkanes) is 2. The summed E-state index contributed by atoms with van der Waals surface area (Å²) in [6.07, 6.45) is 6.76. The van der Waals surface area contributed by atoms with Gasteiger partial charge in [-0.15, -0.1) is 10.2 Å². The van der Waals surface area contributed by atoms with E-state index in [0.29, 0.717) is 0 Å². The molecule has 0 aromatic carbocycles. The van der Waals surface area contributed by atoms with Crippen LogP contribution in [0.2, 0.25) is 0 Å². The maximum atomic E-state index is 3.40. The molecule has 1 aromatic rings. The van der Waals surface area contributed by atoms with E-state index in [9.17, 15) is 0 Å². The van der Waals surface area contributed by atoms with Crippen LogP contribution >= 0.6 is 0 Å². The maximum Gasteiger partial charge on any atom is 0.161 e. The van der Waals surface area contributed by atoms with Gasteiger partial charge in [0.05, 0.1) is 0 Å². The molecule has 1 heterocycles. The lowest BCUT2D eigenvalue weighted by Gasteiger charge is -2.10. The highest BCUT2D eigenvalue weighted by Gasteiger charge is 1.96. The quantitative estimate of drug-likeness (QED) is 0.707. The minimum absolute atomic E-state index is 0.719. The second-order valence-electron chi connectivity index (χ2n) is 3.51. The van der Waals surface area contributed by atoms with E-state index in [0.717, 1.165) is 12.6 Å². The predicted molar refractivity (Wildman–Crippen MR) is 61.5 cm³/mol. The number of nitrogens with one attached hydrogen (secondary N) is 2. The van der Waals surface area contributed by atoms with Crippen LogP contribution in [0, 0.1) is 0 Å². The Hall–Kier alpha value is -0.970. The second kappa shape index (κ2) is 11.1. The van der Waals surface area contributed by atoms with Crippen molar-refractivity contribution >= 4 is 0 Å². The van der Waals surface area contributed by atoms with Gasteiger partial charge >= 0.3 is 0 Å². The SMILES string of the molecule is CCCCCC(C)NCC.c1nn[nH]n1. The number of H-pyrrole nitrogens is 1. The molecule has 0 radical (unpaired) electrons. The monoisotopic (exact) mass is 213 g/mol. The average Bonchev–Trinajstić information content (AvgIpc) is 2.76. The molecule has 1 aromatic heterocycles. The van der Waals surface area contributed by atoms with Crippen molar-refractivity contribution in [2.75, 3.05) is 6.54 Å². The van der Waals surface area contributed by atoms with Gasteiger partial charge in [0.25, 0.3) is 0 Å². The smallest absolute Gasteiger partial charge is 0.161 e. The van der Waals surface area contributed by atoms with E-state index >= 15 is 0 Å². The molecular weight excluding hydrogens is 190 g/mol. The number of tetrazole rings is 1. The van der Waals surface area contributed by atoms with Gasteiger partial charge in [0, 0.05) is 6.04 Å². The topological polar surface area (TPSA) is 66.5 Å². The first-order valence-electron chi connectivity index (χ1n) is 5.71. The van der Waals surface area contributed by atoms with E-state index in [1.807, 2.05) is 0 Å². The molecule has 5 heteroatoms. The van der Waals surface area contributed by atoms with Crippen LogP contribution in [0.1, 0.15) is 46.5 Å². The first kappa shape index (κ1) is 14.0. The molecule has 0 saturated heterocycles. The van der Waals surface area contributed by atoms with Crippen LogP contribution in [0.15, 0.2) is 6.33 Å². The van der Waals surface area contributed by atoms with Gasteiger partial charge < -0.3 is 5.32 Å². The molecule has 1 atom stereocenters. The second-order valence-corrected chi connectivity index (χ2v) is 3.51. The van der Waals surface area contributed by atoms with Crippen molar-refractivity contribution in [1.29, 1.82) is 0 Å². The lowest BCUT2D eigenvalue weighted by molar-refractivity contribution is 0.500. The molecule has 0 bridgehead atoms. The van der Waals surface area contributed by atoms with Crippen molar-refractivity contribution in [1.82, 2.24) is 25.9 Å². The summed E-state index contributed by atoms with van der Waals surface area (Å²) in [4.78, 5) is 0. The Morgan fingerprint density at radius 2 is 2.13 bits per heavy atom. The highest BCUT2D eigenvalue weighted by Crippen LogP contribution is 2.01. The van der Waals surface area contributed by atoms with Crippen molar-refractivity contribution in [3.63, 3.8) is 0 Å². The minimum Gasteiger partial charge on any atom is -0.315 e. The Morgan fingerprint density at radius 3 is 2.53 bits per heavy atom. The van der Waals surface area contributed by atoms with Gasteiger partial charge in [-0.2, -0.15) is 5.21 Å². The third-order valence-corrected chi connectivity index (χ3v) is 2.06. The molecule has 0 spiro atoms. The minimum atomic E-state index is 0.719. The first-order valence-corrected chi connectivity index (χ1v) is 5.71. The standard InChI is InChI=1S/C9H21N.CH2N4/c1-4-6-7-8-9(3)10-5-2;1-2-4-5-3-1/h9-10H,4-8H2,1-3H3;1H,(H,2,3,4,5). The Balaban J connectivity index is 0.000000322. The lowest BCUT2D eigenvalue weighted by Crippen LogP contribution is -2.25. The number of nitrogens with zero attached hydrogens (tertiary/aromatic N) is 3. The molecule has 0 aliphatic rings. The summed E-state index contributed by atoms with van der Waals surface area (Å²) < 4.78 is 0. The Kier molecular flexibility index (Phi) is 10.4. The number of rotatable bonds is 6. The summed E-state index contributed by atoms with van der Waals surface area (Å²) in [6.45, 7) is 7.78. The van der Waals surface area contributed by atoms with E-state index in [1.54, 1.807) is 0 Å². The fraction of sp³-hybridized carbons (Fsp3) is 0.900. The van der Waals surface area contributed by atoms with Crippen molar-refractivity contribution < 1.29 is 0 Å². The molecule has 1 rings (SSSR count). The fourth-order valence-corrected chi connectivity index (χ4v) is 1.28. The van der Waals surface area contributed by atoms with Gasteiger partial charge in [0.1, 0.15) is 0 Å². The summed E-state index contributed by atoms with van der Waals surface area (Å²) in [6, 6.07) is 0.719. The van der Waals surface area contributed by atoms with Gasteiger partial charge in [-0.1, -0.05) is 38.3 Å². The third-order valence-electron chi connectivity index (χ3n) is 2.06. The van der Waals surface area contributed by atoms with Crippen molar-refractivity contribution in [2.45, 2.75) is 52.5 Å². The lowest BCUT2D eigenvalue weighted by atomic mass is 10.1. The van der Waals surface area contributed by atoms with Crippen molar-refractivity contribution in [2.24, 2.45) is 0 Å². The first-order chi connectivity index (χ1) is 7.31. The molecule has 0 amide bonds. The van der Waals surface area contributed by atoms with Gasteiger partial charge in [-0.3, -0.25) is 0 Å². The van der Waals surface area contributed by atoms with Gasteiger partial charge in [-0.05, 0) is 19.9 Å². The van der Waals surface area contributed by atoms with E-state index in [4.69, 9.17) is 0 Å². The zero-order chi connectivity index (χ0) is 11.4. The molecular formula is C10H23N5. The average molecular weight is 213 g/mol. The summed E-state index contributed by atoms with van der Waals surface area (Å²) in [7, 11) is 0. The van der Waals surface area contributed by atoms with Crippen LogP contribution in [0.5, 0.6) is 0 Å². The Bertz CT molecular complexity index is 170. The summed E-state index contributed by atoms with van der Waals surface area (Å²) in [5, 5.41) is 15.6. The predicted octanol–water partition coefficient (Wildman–Crippen LogP) is 1.76. The van der Waals surface area contributed by atoms with Gasteiger partial charge in [-0.25, -0.2) is 0 Å². The molecule has 0 aliphatic heterocycles. The van der Waals surface area contributed by atoms with Crippen molar-refractivity contribution in [3.05, 3.63) is 6.33 Å². The largest absolute Gasteiger partial charge is 0.315 e. The van der Waals surface area contributed by atoms with Crippen LogP contribution < -0.4 is 5.32 Å². The zero-order valence-electron chi connectivity index (χ0n) is 10.0. The van der Waals surface area contributed by atoms with E-state index in [-0.39, 0.29) is 0 Å². The number of hydrogen-bond acceptors (Lipinski definition) is 4. The molecule has 5 nitrogen and oxygen atoms in total. The molecule has 0 aliphatic carbocycles. The fourth-order valence-electron chi connectivity index (χ4n) is 1.28. The van der Waals surface area contributed by atoms with Gasteiger partial charge in [0.15, 0.2) is 6.33 Å². The van der Waals surface area contributed by atoms with Crippen molar-refractivity contribution in [3.8, 4) is 0 Å². The van der Waals surface area contributed by atoms with E-state index in [1.165, 1.54) is 32.0 Å². The van der Waals surface area contributed by atoms with E-state index in [2.05, 4.69) is 46.7 Å². The summed E-state index contributed by atoms with van der Waals surface area (Å²) in [5.41, 5.74) is 0. The number of aromatic amines is 1. The van der Waals surface area contributed by atoms with Crippen LogP contribution in [-0.4, -0.2) is 33.2 Å². The third kappa shape index (κ3) is 11.0. The van der Waals surface area contributed by atoms with Crippen LogP contribution in [0.25, 0.3) is 0 Å². The molecule has 15 heavy (non-hydrogen) atoms. The summed E-state index contributed by atoms with van der Waals surface area (Å²) >= 11 is 0. The van der Waals surface area contributed by atoms with Crippen LogP contribution in [-0.2, 0) is 0 Å². The van der Waals surface area contributed by atoms with E-state index < -0.39 is 0 Å². The maximum absolute atomic E-state index is 3.40. The zero-order valence-corrected chi connectivity index (χ0v) is 10.0. The highest BCUT2D eigenvalue weighted by atomic mass is 15.5. The Labute approximate surface area is 92.0 Å². The molecule has 0 saturated carbocycles. The molecule has 0 fully saturated rings. The van der Waals surface area contributed by atoms with Crippen LogP contribution in [0.3, 0.4) is 0 Å². The number of aromatic nitrogens is 4. The normalized spacial score (nSPS) is 11.7.